The summed E-state index contributed by atoms with van der Waals surface area (Å²) in [5, 5.41) is 16.6. The molecule has 1 fully saturated rings. The summed E-state index contributed by atoms with van der Waals surface area (Å²) in [6, 6.07) is 0. The summed E-state index contributed by atoms with van der Waals surface area (Å²) in [4.78, 5) is 45.8. The zero-order valence-electron chi connectivity index (χ0n) is 31.9. The van der Waals surface area contributed by atoms with Crippen LogP contribution in [0.5, 0.6) is 0 Å². The van der Waals surface area contributed by atoms with E-state index in [1.165, 1.54) is 32.1 Å². The van der Waals surface area contributed by atoms with Crippen molar-refractivity contribution in [2.24, 2.45) is 17.8 Å². The van der Waals surface area contributed by atoms with Crippen molar-refractivity contribution in [2.75, 3.05) is 27.2 Å². The molecular weight excluding hydrogens is 614 g/mol. The molecule has 1 heterocycles. The second-order valence-corrected chi connectivity index (χ2v) is 14.6. The van der Waals surface area contributed by atoms with Crippen molar-refractivity contribution < 1.29 is 43.6 Å². The summed E-state index contributed by atoms with van der Waals surface area (Å²) in [6.45, 7) is 14.3. The lowest BCUT2D eigenvalue weighted by Crippen LogP contribution is -2.23. The summed E-state index contributed by atoms with van der Waals surface area (Å²) in [7, 11) is 3.95. The first-order valence-electron chi connectivity index (χ1n) is 18.7. The van der Waals surface area contributed by atoms with E-state index in [4.69, 9.17) is 24.4 Å². The predicted octanol–water partition coefficient (Wildman–Crippen LogP) is 8.88. The average molecular weight is 688 g/mol. The minimum absolute atomic E-state index is 0.170. The molecule has 0 spiro atoms. The van der Waals surface area contributed by atoms with Crippen LogP contribution in [0.4, 0.5) is 0 Å². The number of ether oxygens (including phenoxy) is 3. The number of carboxylic acids is 2. The number of nitrogens with zero attached hydrogens (tertiary/aromatic N) is 1. The zero-order valence-corrected chi connectivity index (χ0v) is 31.9. The van der Waals surface area contributed by atoms with Crippen LogP contribution in [0.15, 0.2) is 0 Å². The van der Waals surface area contributed by atoms with E-state index in [9.17, 15) is 19.2 Å². The van der Waals surface area contributed by atoms with Crippen LogP contribution in [0.2, 0.25) is 0 Å². The van der Waals surface area contributed by atoms with Crippen molar-refractivity contribution in [1.82, 2.24) is 4.90 Å². The van der Waals surface area contributed by atoms with Crippen LogP contribution in [0.25, 0.3) is 0 Å². The quantitative estimate of drug-likeness (QED) is 0.0706. The first-order chi connectivity index (χ1) is 22.6. The molecule has 0 radical (unpaired) electrons. The third kappa shape index (κ3) is 38.2. The molecule has 2 atom stereocenters. The van der Waals surface area contributed by atoms with Gasteiger partial charge in [-0.15, -0.1) is 0 Å². The summed E-state index contributed by atoms with van der Waals surface area (Å²) in [6.07, 6.45) is 15.9. The Bertz CT molecular complexity index is 786. The number of carbonyl (C=O) groups excluding carboxylic acids is 2. The fourth-order valence-electron chi connectivity index (χ4n) is 4.90. The highest BCUT2D eigenvalue weighted by Crippen LogP contribution is 2.22. The van der Waals surface area contributed by atoms with Gasteiger partial charge in [0.15, 0.2) is 0 Å². The van der Waals surface area contributed by atoms with Gasteiger partial charge in [0.05, 0.1) is 6.10 Å². The highest BCUT2D eigenvalue weighted by atomic mass is 16.7. The van der Waals surface area contributed by atoms with Crippen LogP contribution in [0.3, 0.4) is 0 Å². The maximum absolute atomic E-state index is 11.9. The number of hydrogen-bond donors (Lipinski definition) is 2. The van der Waals surface area contributed by atoms with E-state index in [1.54, 1.807) is 0 Å². The maximum Gasteiger partial charge on any atom is 0.308 e. The van der Waals surface area contributed by atoms with E-state index in [2.05, 4.69) is 41.5 Å². The van der Waals surface area contributed by atoms with E-state index in [0.717, 1.165) is 76.2 Å². The van der Waals surface area contributed by atoms with Crippen LogP contribution in [-0.4, -0.2) is 78.6 Å². The lowest BCUT2D eigenvalue weighted by molar-refractivity contribution is -0.180. The molecule has 1 aliphatic heterocycles. The van der Waals surface area contributed by atoms with Gasteiger partial charge < -0.3 is 29.3 Å². The lowest BCUT2D eigenvalue weighted by Gasteiger charge is -2.15. The van der Waals surface area contributed by atoms with Gasteiger partial charge in [0, 0.05) is 32.1 Å². The van der Waals surface area contributed by atoms with E-state index >= 15 is 0 Å². The number of hydrogen-bond acceptors (Lipinski definition) is 8. The Morgan fingerprint density at radius 2 is 1.06 bits per heavy atom. The van der Waals surface area contributed by atoms with E-state index < -0.39 is 18.2 Å². The number of esters is 2. The SMILES string of the molecule is CC(C)CCCCCC(=O)O.CC(C)CCCCCC(=O)O.CC(C)CCCCCC(=O)OC1CCC(COC(=O)CCCN(C)C)O1. The van der Waals surface area contributed by atoms with Gasteiger partial charge in [-0.25, -0.2) is 0 Å². The number of aliphatic carboxylic acids is 2. The molecule has 0 saturated carbocycles. The lowest BCUT2D eigenvalue weighted by atomic mass is 10.0. The molecule has 2 N–H and O–H groups in total. The van der Waals surface area contributed by atoms with E-state index in [-0.39, 0.29) is 24.6 Å². The van der Waals surface area contributed by atoms with Crippen LogP contribution in [0.1, 0.15) is 164 Å². The molecule has 1 rings (SSSR count). The third-order valence-corrected chi connectivity index (χ3v) is 7.75. The minimum Gasteiger partial charge on any atom is -0.481 e. The number of carboxylic acid groups (broad SMARTS) is 2. The summed E-state index contributed by atoms with van der Waals surface area (Å²) in [5.74, 6) is 0.481. The van der Waals surface area contributed by atoms with Gasteiger partial charge in [-0.3, -0.25) is 19.2 Å². The molecule has 0 amide bonds. The standard InChI is InChI=1S/C20H37NO5.2C9H18O2/c1-16(2)9-6-5-7-10-19(23)26-20-13-12-17(25-20)15-24-18(22)11-8-14-21(3)4;2*1-8(2)6-4-3-5-7-9(10)11/h16-17,20H,5-15H2,1-4H3;2*8H,3-7H2,1-2H3,(H,10,11). The largest absolute Gasteiger partial charge is 0.481 e. The molecular formula is C38H73NO9. The van der Waals surface area contributed by atoms with Crippen molar-refractivity contribution >= 4 is 23.9 Å². The summed E-state index contributed by atoms with van der Waals surface area (Å²) >= 11 is 0. The summed E-state index contributed by atoms with van der Waals surface area (Å²) in [5.41, 5.74) is 0. The molecule has 0 aliphatic carbocycles. The number of rotatable bonds is 25. The Labute approximate surface area is 293 Å². The van der Waals surface area contributed by atoms with Gasteiger partial charge in [0.25, 0.3) is 0 Å². The van der Waals surface area contributed by atoms with Crippen molar-refractivity contribution in [1.29, 1.82) is 0 Å². The van der Waals surface area contributed by atoms with Crippen LogP contribution >= 0.6 is 0 Å². The molecule has 48 heavy (non-hydrogen) atoms. The number of carbonyl (C=O) groups is 4. The molecule has 0 bridgehead atoms. The number of unbranched alkanes of at least 4 members (excludes halogenated alkanes) is 6. The minimum atomic E-state index is -0.672. The normalized spacial score (nSPS) is 15.6. The zero-order chi connectivity index (χ0) is 36.7. The molecule has 284 valence electrons. The van der Waals surface area contributed by atoms with Crippen LogP contribution in [-0.2, 0) is 33.4 Å². The highest BCUT2D eigenvalue weighted by molar-refractivity contribution is 5.69. The van der Waals surface area contributed by atoms with Gasteiger partial charge in [-0.05, 0) is 70.5 Å². The predicted molar refractivity (Wildman–Crippen MR) is 192 cm³/mol. The Balaban J connectivity index is 0. The monoisotopic (exact) mass is 688 g/mol. The van der Waals surface area contributed by atoms with Crippen LogP contribution in [0, 0.1) is 17.8 Å². The Morgan fingerprint density at radius 3 is 1.48 bits per heavy atom. The average Bonchev–Trinajstić information content (AvgIpc) is 3.42. The van der Waals surface area contributed by atoms with Gasteiger partial charge in [-0.2, -0.15) is 0 Å². The highest BCUT2D eigenvalue weighted by Gasteiger charge is 2.29. The Morgan fingerprint density at radius 1 is 0.625 bits per heavy atom. The van der Waals surface area contributed by atoms with Crippen molar-refractivity contribution in [3.8, 4) is 0 Å². The molecule has 10 heteroatoms. The second-order valence-electron chi connectivity index (χ2n) is 14.6. The van der Waals surface area contributed by atoms with E-state index in [0.29, 0.717) is 38.0 Å². The topological polar surface area (TPSA) is 140 Å². The molecule has 0 aromatic rings. The van der Waals surface area contributed by atoms with Gasteiger partial charge in [-0.1, -0.05) is 99.3 Å². The van der Waals surface area contributed by atoms with Gasteiger partial charge in [0.2, 0.25) is 6.29 Å². The molecule has 1 aliphatic rings. The Hall–Kier alpha value is -2.20. The Kier molecular flexibility index (Phi) is 32.0. The molecule has 0 aromatic carbocycles. The van der Waals surface area contributed by atoms with Crippen molar-refractivity contribution in [3.05, 3.63) is 0 Å². The first-order valence-corrected chi connectivity index (χ1v) is 18.7. The molecule has 0 aromatic heterocycles. The first kappa shape index (κ1) is 47.9. The van der Waals surface area contributed by atoms with Crippen molar-refractivity contribution in [3.63, 3.8) is 0 Å². The molecule has 10 nitrogen and oxygen atoms in total. The van der Waals surface area contributed by atoms with Crippen molar-refractivity contribution in [2.45, 2.75) is 176 Å². The third-order valence-electron chi connectivity index (χ3n) is 7.75. The van der Waals surface area contributed by atoms with Crippen LogP contribution < -0.4 is 0 Å². The smallest absolute Gasteiger partial charge is 0.308 e. The van der Waals surface area contributed by atoms with Gasteiger partial charge >= 0.3 is 23.9 Å². The fraction of sp³-hybridized carbons (Fsp3) is 0.895. The second kappa shape index (κ2) is 32.0. The molecule has 2 unspecified atom stereocenters. The maximum atomic E-state index is 11.9. The fourth-order valence-corrected chi connectivity index (χ4v) is 4.90. The molecule has 1 saturated heterocycles. The van der Waals surface area contributed by atoms with E-state index in [1.807, 2.05) is 19.0 Å². The van der Waals surface area contributed by atoms with Gasteiger partial charge in [0.1, 0.15) is 6.61 Å². The summed E-state index contributed by atoms with van der Waals surface area (Å²) < 4.78 is 16.3.